The molecule has 0 bridgehead atoms. The van der Waals surface area contributed by atoms with Crippen molar-refractivity contribution in [1.82, 2.24) is 5.32 Å². The van der Waals surface area contributed by atoms with Crippen molar-refractivity contribution in [2.24, 2.45) is 0 Å². The van der Waals surface area contributed by atoms with Gasteiger partial charge in [0.25, 0.3) is 0 Å². The number of likely N-dealkylation sites (tertiary alicyclic amines) is 2. The Morgan fingerprint density at radius 2 is 1.03 bits per heavy atom. The van der Waals surface area contributed by atoms with Gasteiger partial charge < -0.3 is 53.8 Å². The first-order chi connectivity index (χ1) is 28.4. The number of carbonyl (C=O) groups excluding carboxylic acids is 2. The predicted molar refractivity (Wildman–Crippen MR) is 234 cm³/mol. The van der Waals surface area contributed by atoms with Crippen molar-refractivity contribution in [2.45, 2.75) is 89.2 Å². The van der Waals surface area contributed by atoms with E-state index in [2.05, 4.69) is 37.6 Å². The number of hydrogen-bond acceptors (Lipinski definition) is 7. The molecule has 2 saturated heterocycles. The van der Waals surface area contributed by atoms with Crippen molar-refractivity contribution in [2.75, 3.05) is 53.7 Å². The van der Waals surface area contributed by atoms with E-state index in [4.69, 9.17) is 46.9 Å². The Kier molecular flexibility index (Phi) is 15.4. The van der Waals surface area contributed by atoms with Crippen LogP contribution >= 0.6 is 23.2 Å². The highest BCUT2D eigenvalue weighted by molar-refractivity contribution is 6.31. The summed E-state index contributed by atoms with van der Waals surface area (Å²) in [6, 6.07) is 28.1. The van der Waals surface area contributed by atoms with E-state index >= 15 is 0 Å². The molecule has 0 aliphatic carbocycles. The van der Waals surface area contributed by atoms with Gasteiger partial charge >= 0.3 is 12.2 Å². The van der Waals surface area contributed by atoms with E-state index in [0.29, 0.717) is 25.7 Å². The molecule has 0 spiro atoms. The molecule has 14 heteroatoms. The average Bonchev–Trinajstić information content (AvgIpc) is 3.68. The van der Waals surface area contributed by atoms with Gasteiger partial charge in [-0.05, 0) is 89.1 Å². The fraction of sp³-hybridized carbons (Fsp3) is 0.458. The maximum atomic E-state index is 12.3. The molecule has 6 unspecified atom stereocenters. The van der Waals surface area contributed by atoms with Crippen LogP contribution in [-0.4, -0.2) is 86.1 Å². The van der Waals surface area contributed by atoms with E-state index in [1.807, 2.05) is 108 Å². The molecule has 4 aliphatic heterocycles. The summed E-state index contributed by atoms with van der Waals surface area (Å²) in [6.07, 6.45) is 0.598. The first-order valence-corrected chi connectivity index (χ1v) is 21.8. The summed E-state index contributed by atoms with van der Waals surface area (Å²) in [5, 5.41) is 4.36. The molecule has 336 valence electrons. The van der Waals surface area contributed by atoms with Crippen LogP contribution in [0.3, 0.4) is 0 Å². The van der Waals surface area contributed by atoms with Crippen LogP contribution in [0.2, 0.25) is 10.0 Å². The Bertz CT molecular complexity index is 2090. The lowest BCUT2D eigenvalue weighted by atomic mass is 9.84. The number of carbonyl (C=O) groups is 2. The predicted octanol–water partition coefficient (Wildman–Crippen LogP) is 5.73. The summed E-state index contributed by atoms with van der Waals surface area (Å²) < 4.78 is 30.5. The van der Waals surface area contributed by atoms with Crippen LogP contribution < -0.4 is 39.6 Å². The summed E-state index contributed by atoms with van der Waals surface area (Å²) in [4.78, 5) is 24.6. The zero-order valence-corrected chi connectivity index (χ0v) is 39.8. The van der Waals surface area contributed by atoms with Gasteiger partial charge in [0.15, 0.2) is 0 Å². The number of nitrogens with one attached hydrogen (secondary N) is 1. The van der Waals surface area contributed by atoms with Crippen molar-refractivity contribution in [3.63, 3.8) is 0 Å². The molecule has 4 aromatic rings. The van der Waals surface area contributed by atoms with Crippen LogP contribution in [0, 0.1) is 0 Å². The second-order valence-electron chi connectivity index (χ2n) is 18.7. The van der Waals surface area contributed by atoms with Gasteiger partial charge in [-0.25, -0.2) is 9.59 Å². The monoisotopic (exact) mass is 929 g/mol. The summed E-state index contributed by atoms with van der Waals surface area (Å²) in [5.74, 6) is 4.46. The van der Waals surface area contributed by atoms with Gasteiger partial charge in [0, 0.05) is 61.5 Å². The number of alkyl carbamates (subject to hydrolysis) is 1. The molecule has 8 rings (SSSR count). The molecule has 62 heavy (non-hydrogen) atoms. The van der Waals surface area contributed by atoms with Crippen LogP contribution in [0.4, 0.5) is 9.59 Å². The average molecular weight is 932 g/mol. The van der Waals surface area contributed by atoms with Crippen molar-refractivity contribution < 1.29 is 67.1 Å². The van der Waals surface area contributed by atoms with Gasteiger partial charge in [-0.3, -0.25) is 8.97 Å². The molecule has 2 fully saturated rings. The molecule has 4 heterocycles. The van der Waals surface area contributed by atoms with Gasteiger partial charge in [0.05, 0.1) is 40.3 Å². The molecule has 1 N–H and O–H groups in total. The summed E-state index contributed by atoms with van der Waals surface area (Å²) >= 11 is 12.7. The molecule has 4 aromatic carbocycles. The number of fused-ring (bicyclic) bond motifs is 10. The Hall–Kier alpha value is -3.90. The second kappa shape index (κ2) is 19.5. The van der Waals surface area contributed by atoms with Crippen molar-refractivity contribution >= 4 is 35.5 Å². The minimum atomic E-state index is -0.611. The van der Waals surface area contributed by atoms with Crippen LogP contribution in [0.1, 0.15) is 100 Å². The molecule has 1 amide bonds. The Morgan fingerprint density at radius 1 is 0.629 bits per heavy atom. The molecular formula is C48H59Cl4N3O7. The number of halogens is 4. The number of quaternary nitrogens is 2. The lowest BCUT2D eigenvalue weighted by Gasteiger charge is -2.30. The fourth-order valence-electron chi connectivity index (χ4n) is 8.98. The van der Waals surface area contributed by atoms with Crippen molar-refractivity contribution in [3.05, 3.63) is 117 Å². The SMILES string of the molecule is CCC(C)(C)NC(=O)OC[N+]1(C)CC2c3ccccc3Oc3ccc(Cl)cc3C2C1.CCC(C)(C)OC(=O)OC[N+]1(C)CC2c3ccccc3Oc3ccc(Cl)cc3C2C1.[Cl-].[Cl-]. The van der Waals surface area contributed by atoms with E-state index in [-0.39, 0.29) is 66.8 Å². The minimum absolute atomic E-state index is 0. The van der Waals surface area contributed by atoms with Gasteiger partial charge in [-0.2, -0.15) is 0 Å². The van der Waals surface area contributed by atoms with Gasteiger partial charge in [-0.1, -0.05) is 73.4 Å². The summed E-state index contributed by atoms with van der Waals surface area (Å²) in [5.41, 5.74) is 3.82. The smallest absolute Gasteiger partial charge is 0.513 e. The minimum Gasteiger partial charge on any atom is -1.00 e. The molecule has 6 atom stereocenters. The van der Waals surface area contributed by atoms with Crippen molar-refractivity contribution in [1.29, 1.82) is 0 Å². The molecule has 0 radical (unpaired) electrons. The van der Waals surface area contributed by atoms with E-state index in [0.717, 1.165) is 73.1 Å². The number of rotatable bonds is 8. The normalized spacial score (nSPS) is 23.9. The van der Waals surface area contributed by atoms with E-state index in [9.17, 15) is 9.59 Å². The zero-order valence-electron chi connectivity index (χ0n) is 36.8. The number of amides is 1. The summed E-state index contributed by atoms with van der Waals surface area (Å²) in [6.45, 7) is 15.8. The van der Waals surface area contributed by atoms with Crippen LogP contribution in [0.15, 0.2) is 84.9 Å². The van der Waals surface area contributed by atoms with Crippen LogP contribution in [0.25, 0.3) is 0 Å². The zero-order chi connectivity index (χ0) is 43.0. The maximum absolute atomic E-state index is 12.3. The fourth-order valence-corrected chi connectivity index (χ4v) is 9.34. The van der Waals surface area contributed by atoms with Crippen LogP contribution in [-0.2, 0) is 14.2 Å². The second-order valence-corrected chi connectivity index (χ2v) is 19.6. The number of benzene rings is 4. The molecule has 10 nitrogen and oxygen atoms in total. The quantitative estimate of drug-likeness (QED) is 0.179. The van der Waals surface area contributed by atoms with E-state index < -0.39 is 11.8 Å². The maximum Gasteiger partial charge on any atom is 0.513 e. The highest BCUT2D eigenvalue weighted by atomic mass is 35.5. The number of likely N-dealkylation sites (N-methyl/N-ethyl adjacent to an activating group) is 2. The molecule has 4 aliphatic rings. The van der Waals surface area contributed by atoms with Crippen LogP contribution in [0.5, 0.6) is 23.0 Å². The third-order valence-electron chi connectivity index (χ3n) is 12.9. The summed E-state index contributed by atoms with van der Waals surface area (Å²) in [7, 11) is 4.28. The number of nitrogens with zero attached hydrogens (tertiary/aromatic N) is 2. The van der Waals surface area contributed by atoms with Gasteiger partial charge in [-0.15, -0.1) is 0 Å². The first-order valence-electron chi connectivity index (χ1n) is 21.0. The van der Waals surface area contributed by atoms with E-state index in [1.54, 1.807) is 0 Å². The number of ether oxygens (including phenoxy) is 5. The lowest BCUT2D eigenvalue weighted by molar-refractivity contribution is -0.915. The largest absolute Gasteiger partial charge is 1.00 e. The van der Waals surface area contributed by atoms with Gasteiger partial charge in [0.1, 0.15) is 28.6 Å². The topological polar surface area (TPSA) is 92.3 Å². The highest BCUT2D eigenvalue weighted by Gasteiger charge is 2.49. The number of para-hydroxylation sites is 2. The molecule has 0 saturated carbocycles. The molecule has 0 aromatic heterocycles. The Labute approximate surface area is 389 Å². The van der Waals surface area contributed by atoms with E-state index in [1.165, 1.54) is 11.1 Å². The Balaban J connectivity index is 0.000000227. The molecular weight excluding hydrogens is 872 g/mol. The first kappa shape index (κ1) is 49.1. The third kappa shape index (κ3) is 11.1. The van der Waals surface area contributed by atoms with Gasteiger partial charge in [0.2, 0.25) is 13.5 Å². The lowest BCUT2D eigenvalue weighted by Crippen LogP contribution is -3.00. The highest BCUT2D eigenvalue weighted by Crippen LogP contribution is 2.53. The third-order valence-corrected chi connectivity index (χ3v) is 13.3. The standard InChI is InChI=1S/C24H29ClN2O3.C24H29ClNO4.2ClH/c1-5-24(2,3)26-23(28)29-15-27(4)13-19-17-8-6-7-9-21(17)30-22-11-10-16(25)12-18(22)20(19)14-27;1-5-24(2,3)30-23(27)28-15-26(4)13-19-17-8-6-7-9-21(17)29-22-11-10-16(25)12-18(22)20(19)14-26;;/h2*6-12,19-20H,5,13-15H2,1-4H3;2*1H/q;+1;;/p-1. The van der Waals surface area contributed by atoms with Crippen molar-refractivity contribution in [3.8, 4) is 23.0 Å². The number of hydrogen-bond donors (Lipinski definition) is 1. The Morgan fingerprint density at radius 3 is 1.47 bits per heavy atom.